The number of carbonyl (C=O) groups excluding carboxylic acids is 1. The molecule has 3 heterocycles. The van der Waals surface area contributed by atoms with E-state index in [0.29, 0.717) is 22.3 Å². The SMILES string of the molecule is Cc1ccnc(NC(=O)c2sc3nc4c(cc3c2N)CC(C(C)(C)C)CC4)c1. The Morgan fingerprint density at radius 3 is 2.82 bits per heavy atom. The van der Waals surface area contributed by atoms with Crippen molar-refractivity contribution in [1.82, 2.24) is 9.97 Å². The van der Waals surface area contributed by atoms with Crippen molar-refractivity contribution in [1.29, 1.82) is 0 Å². The van der Waals surface area contributed by atoms with Gasteiger partial charge in [0.2, 0.25) is 0 Å². The van der Waals surface area contributed by atoms with Crippen molar-refractivity contribution >= 4 is 39.0 Å². The van der Waals surface area contributed by atoms with Crippen LogP contribution < -0.4 is 11.1 Å². The molecule has 5 nitrogen and oxygen atoms in total. The molecular formula is C22H26N4OS. The summed E-state index contributed by atoms with van der Waals surface area (Å²) >= 11 is 1.36. The maximum atomic E-state index is 12.8. The quantitative estimate of drug-likeness (QED) is 0.642. The Balaban J connectivity index is 1.67. The number of rotatable bonds is 2. The standard InChI is InChI=1S/C22H26N4OS/c1-12-7-8-24-17(9-12)26-20(27)19-18(23)15-11-13-10-14(22(2,3)4)5-6-16(13)25-21(15)28-19/h7-9,11,14H,5-6,10,23H2,1-4H3,(H,24,26,27). The summed E-state index contributed by atoms with van der Waals surface area (Å²) in [6, 6.07) is 5.89. The number of anilines is 2. The summed E-state index contributed by atoms with van der Waals surface area (Å²) in [7, 11) is 0. The smallest absolute Gasteiger partial charge is 0.269 e. The van der Waals surface area contributed by atoms with Crippen LogP contribution in [-0.4, -0.2) is 15.9 Å². The largest absolute Gasteiger partial charge is 0.397 e. The van der Waals surface area contributed by atoms with Gasteiger partial charge in [0.1, 0.15) is 15.5 Å². The van der Waals surface area contributed by atoms with E-state index in [1.165, 1.54) is 16.9 Å². The van der Waals surface area contributed by atoms with Crippen LogP contribution in [0, 0.1) is 18.3 Å². The first-order valence-corrected chi connectivity index (χ1v) is 10.5. The van der Waals surface area contributed by atoms with Gasteiger partial charge in [-0.05, 0) is 66.8 Å². The first kappa shape index (κ1) is 18.9. The molecule has 0 aromatic carbocycles. The van der Waals surface area contributed by atoms with Gasteiger partial charge in [0, 0.05) is 17.3 Å². The van der Waals surface area contributed by atoms with Crippen LogP contribution in [0.25, 0.3) is 10.2 Å². The summed E-state index contributed by atoms with van der Waals surface area (Å²) in [5.41, 5.74) is 10.6. The molecule has 6 heteroatoms. The van der Waals surface area contributed by atoms with Crippen molar-refractivity contribution in [2.45, 2.75) is 47.0 Å². The maximum Gasteiger partial charge on any atom is 0.269 e. The second-order valence-electron chi connectivity index (χ2n) is 8.77. The Bertz CT molecular complexity index is 1060. The summed E-state index contributed by atoms with van der Waals surface area (Å²) in [5.74, 6) is 0.931. The lowest BCUT2D eigenvalue weighted by molar-refractivity contribution is 0.103. The van der Waals surface area contributed by atoms with Crippen LogP contribution in [0.5, 0.6) is 0 Å². The minimum atomic E-state index is -0.232. The molecule has 0 fully saturated rings. The zero-order valence-electron chi connectivity index (χ0n) is 16.8. The van der Waals surface area contributed by atoms with Crippen molar-refractivity contribution in [2.75, 3.05) is 11.1 Å². The molecule has 146 valence electrons. The molecule has 0 aliphatic heterocycles. The minimum absolute atomic E-state index is 0.232. The third-order valence-corrected chi connectivity index (χ3v) is 6.79. The molecule has 1 aliphatic rings. The average molecular weight is 395 g/mol. The Labute approximate surface area is 169 Å². The van der Waals surface area contributed by atoms with Gasteiger partial charge >= 0.3 is 0 Å². The van der Waals surface area contributed by atoms with E-state index in [-0.39, 0.29) is 11.3 Å². The van der Waals surface area contributed by atoms with Gasteiger partial charge in [-0.15, -0.1) is 11.3 Å². The highest BCUT2D eigenvalue weighted by atomic mass is 32.1. The predicted octanol–water partition coefficient (Wildman–Crippen LogP) is 4.99. The number of pyridine rings is 2. The molecule has 1 amide bonds. The molecule has 1 atom stereocenters. The highest BCUT2D eigenvalue weighted by molar-refractivity contribution is 7.21. The van der Waals surface area contributed by atoms with Gasteiger partial charge in [-0.3, -0.25) is 4.79 Å². The van der Waals surface area contributed by atoms with Gasteiger partial charge in [0.15, 0.2) is 0 Å². The number of nitrogens with two attached hydrogens (primary N) is 1. The van der Waals surface area contributed by atoms with Crippen molar-refractivity contribution in [3.63, 3.8) is 0 Å². The van der Waals surface area contributed by atoms with E-state index in [1.54, 1.807) is 6.20 Å². The van der Waals surface area contributed by atoms with E-state index in [4.69, 9.17) is 10.7 Å². The van der Waals surface area contributed by atoms with E-state index < -0.39 is 0 Å². The maximum absolute atomic E-state index is 12.8. The van der Waals surface area contributed by atoms with Crippen molar-refractivity contribution in [3.05, 3.63) is 46.1 Å². The molecular weight excluding hydrogens is 368 g/mol. The van der Waals surface area contributed by atoms with Gasteiger partial charge in [0.25, 0.3) is 5.91 Å². The summed E-state index contributed by atoms with van der Waals surface area (Å²) < 4.78 is 0. The fraction of sp³-hybridized carbons (Fsp3) is 0.409. The number of fused-ring (bicyclic) bond motifs is 2. The van der Waals surface area contributed by atoms with Crippen LogP contribution in [-0.2, 0) is 12.8 Å². The number of nitrogens with one attached hydrogen (secondary N) is 1. The van der Waals surface area contributed by atoms with Crippen LogP contribution in [0.1, 0.15) is 53.7 Å². The van der Waals surface area contributed by atoms with Crippen LogP contribution in [0.15, 0.2) is 24.4 Å². The molecule has 0 saturated carbocycles. The lowest BCUT2D eigenvalue weighted by atomic mass is 9.71. The fourth-order valence-corrected chi connectivity index (χ4v) is 4.87. The second-order valence-corrected chi connectivity index (χ2v) is 9.77. The van der Waals surface area contributed by atoms with E-state index in [2.05, 4.69) is 37.1 Å². The van der Waals surface area contributed by atoms with E-state index in [9.17, 15) is 4.79 Å². The summed E-state index contributed by atoms with van der Waals surface area (Å²) in [4.78, 5) is 23.2. The van der Waals surface area contributed by atoms with E-state index >= 15 is 0 Å². The highest BCUT2D eigenvalue weighted by Gasteiger charge is 2.30. The monoisotopic (exact) mass is 394 g/mol. The predicted molar refractivity (Wildman–Crippen MR) is 116 cm³/mol. The van der Waals surface area contributed by atoms with Crippen LogP contribution in [0.2, 0.25) is 0 Å². The number of thiophene rings is 1. The molecule has 0 radical (unpaired) electrons. The zero-order chi connectivity index (χ0) is 20.1. The normalized spacial score (nSPS) is 16.8. The third-order valence-electron chi connectivity index (χ3n) is 5.67. The van der Waals surface area contributed by atoms with Crippen molar-refractivity contribution in [2.24, 2.45) is 11.3 Å². The molecule has 1 unspecified atom stereocenters. The number of nitrogens with zero attached hydrogens (tertiary/aromatic N) is 2. The number of nitrogen functional groups attached to an aromatic ring is 1. The number of hydrogen-bond donors (Lipinski definition) is 2. The molecule has 0 bridgehead atoms. The zero-order valence-corrected chi connectivity index (χ0v) is 17.6. The van der Waals surface area contributed by atoms with Crippen LogP contribution >= 0.6 is 11.3 Å². The Kier molecular flexibility index (Phi) is 4.62. The third kappa shape index (κ3) is 3.49. The molecule has 3 aromatic heterocycles. The molecule has 4 rings (SSSR count). The van der Waals surface area contributed by atoms with Gasteiger partial charge in [-0.1, -0.05) is 20.8 Å². The summed E-state index contributed by atoms with van der Waals surface area (Å²) in [6.45, 7) is 8.87. The van der Waals surface area contributed by atoms with Gasteiger partial charge in [-0.2, -0.15) is 0 Å². The topological polar surface area (TPSA) is 80.9 Å². The minimum Gasteiger partial charge on any atom is -0.397 e. The Morgan fingerprint density at radius 1 is 1.32 bits per heavy atom. The number of aromatic nitrogens is 2. The molecule has 1 aliphatic carbocycles. The molecule has 28 heavy (non-hydrogen) atoms. The van der Waals surface area contributed by atoms with Crippen molar-refractivity contribution < 1.29 is 4.79 Å². The van der Waals surface area contributed by atoms with E-state index in [0.717, 1.165) is 40.7 Å². The highest BCUT2D eigenvalue weighted by Crippen LogP contribution is 2.40. The summed E-state index contributed by atoms with van der Waals surface area (Å²) in [5, 5.41) is 3.74. The van der Waals surface area contributed by atoms with Crippen LogP contribution in [0.3, 0.4) is 0 Å². The lowest BCUT2D eigenvalue weighted by Gasteiger charge is -2.34. The van der Waals surface area contributed by atoms with Gasteiger partial charge in [-0.25, -0.2) is 9.97 Å². The number of amides is 1. The number of carbonyl (C=O) groups is 1. The first-order chi connectivity index (χ1) is 13.2. The molecule has 0 spiro atoms. The van der Waals surface area contributed by atoms with Crippen molar-refractivity contribution in [3.8, 4) is 0 Å². The van der Waals surface area contributed by atoms with E-state index in [1.807, 2.05) is 19.1 Å². The number of aryl methyl sites for hydroxylation is 2. The fourth-order valence-electron chi connectivity index (χ4n) is 3.88. The molecule has 0 saturated heterocycles. The molecule has 3 aromatic rings. The second kappa shape index (κ2) is 6.85. The van der Waals surface area contributed by atoms with Gasteiger partial charge < -0.3 is 11.1 Å². The average Bonchev–Trinajstić information content (AvgIpc) is 2.95. The molecule has 3 N–H and O–H groups in total. The lowest BCUT2D eigenvalue weighted by Crippen LogP contribution is -2.27. The first-order valence-electron chi connectivity index (χ1n) is 9.67. The number of hydrogen-bond acceptors (Lipinski definition) is 5. The summed E-state index contributed by atoms with van der Waals surface area (Å²) in [6.07, 6.45) is 4.84. The Morgan fingerprint density at radius 2 is 2.11 bits per heavy atom. The Hall–Kier alpha value is -2.47. The van der Waals surface area contributed by atoms with Gasteiger partial charge in [0.05, 0.1) is 5.69 Å². The van der Waals surface area contributed by atoms with Crippen LogP contribution in [0.4, 0.5) is 11.5 Å².